The quantitative estimate of drug-likeness (QED) is 0.846. The molecule has 0 amide bonds. The van der Waals surface area contributed by atoms with Crippen LogP contribution in [-0.4, -0.2) is 25.5 Å². The monoisotopic (exact) mass is 221 g/mol. The number of benzene rings is 1. The van der Waals surface area contributed by atoms with E-state index in [1.165, 1.54) is 5.56 Å². The van der Waals surface area contributed by atoms with Gasteiger partial charge in [-0.25, -0.2) is 0 Å². The minimum Gasteiger partial charge on any atom is -0.497 e. The summed E-state index contributed by atoms with van der Waals surface area (Å²) in [4.78, 5) is 0. The Hall–Kier alpha value is -1.06. The van der Waals surface area contributed by atoms with Gasteiger partial charge in [0.1, 0.15) is 12.0 Å². The van der Waals surface area contributed by atoms with Gasteiger partial charge in [-0.05, 0) is 31.5 Å². The molecule has 0 saturated carbocycles. The predicted octanol–water partition coefficient (Wildman–Crippen LogP) is 1.96. The van der Waals surface area contributed by atoms with Crippen molar-refractivity contribution >= 4 is 0 Å². The Bertz CT molecular complexity index is 363. The van der Waals surface area contributed by atoms with Gasteiger partial charge in [-0.2, -0.15) is 0 Å². The van der Waals surface area contributed by atoms with Crippen LogP contribution in [-0.2, 0) is 11.2 Å². The Morgan fingerprint density at radius 1 is 1.50 bits per heavy atom. The van der Waals surface area contributed by atoms with Crippen LogP contribution in [0.3, 0.4) is 0 Å². The van der Waals surface area contributed by atoms with Crippen LogP contribution >= 0.6 is 0 Å². The molecule has 16 heavy (non-hydrogen) atoms. The molecule has 1 saturated heterocycles. The third-order valence-corrected chi connectivity index (χ3v) is 2.77. The summed E-state index contributed by atoms with van der Waals surface area (Å²) in [5.41, 5.74) is 1.18. The van der Waals surface area contributed by atoms with Crippen LogP contribution < -0.4 is 10.1 Å². The van der Waals surface area contributed by atoms with E-state index in [0.29, 0.717) is 0 Å². The molecule has 1 atom stereocenters. The second-order valence-electron chi connectivity index (χ2n) is 4.80. The van der Waals surface area contributed by atoms with Crippen molar-refractivity contribution in [3.8, 4) is 5.75 Å². The van der Waals surface area contributed by atoms with Gasteiger partial charge in [0.05, 0.1) is 12.7 Å². The fourth-order valence-electron chi connectivity index (χ4n) is 1.96. The second kappa shape index (κ2) is 4.44. The third-order valence-electron chi connectivity index (χ3n) is 2.77. The first-order valence-electron chi connectivity index (χ1n) is 5.63. The van der Waals surface area contributed by atoms with E-state index in [9.17, 15) is 0 Å². The summed E-state index contributed by atoms with van der Waals surface area (Å²) < 4.78 is 11.1. The summed E-state index contributed by atoms with van der Waals surface area (Å²) in [5.74, 6) is 0.898. The third kappa shape index (κ3) is 2.74. The highest BCUT2D eigenvalue weighted by Gasteiger charge is 2.30. The normalized spacial score (nSPS) is 23.3. The largest absolute Gasteiger partial charge is 0.497 e. The molecule has 0 bridgehead atoms. The highest BCUT2D eigenvalue weighted by Crippen LogP contribution is 2.21. The maximum atomic E-state index is 5.87. The van der Waals surface area contributed by atoms with E-state index in [-0.39, 0.29) is 11.8 Å². The molecule has 3 nitrogen and oxygen atoms in total. The summed E-state index contributed by atoms with van der Waals surface area (Å²) in [7, 11) is 1.69. The van der Waals surface area contributed by atoms with Gasteiger partial charge in [-0.3, -0.25) is 5.32 Å². The van der Waals surface area contributed by atoms with Crippen molar-refractivity contribution in [2.45, 2.75) is 32.1 Å². The van der Waals surface area contributed by atoms with Gasteiger partial charge in [0.25, 0.3) is 0 Å². The van der Waals surface area contributed by atoms with Crippen molar-refractivity contribution < 1.29 is 9.47 Å². The zero-order chi connectivity index (χ0) is 11.6. The van der Waals surface area contributed by atoms with Gasteiger partial charge in [-0.15, -0.1) is 0 Å². The lowest BCUT2D eigenvalue weighted by atomic mass is 10.1. The lowest BCUT2D eigenvalue weighted by Gasteiger charge is -2.17. The molecule has 0 spiro atoms. The molecule has 1 aliphatic heterocycles. The fourth-order valence-corrected chi connectivity index (χ4v) is 1.96. The number of nitrogens with one attached hydrogen (secondary N) is 1. The van der Waals surface area contributed by atoms with Gasteiger partial charge < -0.3 is 9.47 Å². The van der Waals surface area contributed by atoms with Crippen molar-refractivity contribution in [1.29, 1.82) is 0 Å². The average molecular weight is 221 g/mol. The van der Waals surface area contributed by atoms with Gasteiger partial charge in [0.15, 0.2) is 0 Å². The summed E-state index contributed by atoms with van der Waals surface area (Å²) in [6, 6.07) is 8.11. The standard InChI is InChI=1S/C13H19NO2/c1-13(2)9-14-12(16-13)8-10-5-4-6-11(7-10)15-3/h4-7,12,14H,8-9H2,1-3H3. The first-order chi connectivity index (χ1) is 7.59. The molecule has 1 aromatic rings. The van der Waals surface area contributed by atoms with E-state index in [0.717, 1.165) is 18.7 Å². The lowest BCUT2D eigenvalue weighted by molar-refractivity contribution is -0.0136. The Morgan fingerprint density at radius 3 is 2.94 bits per heavy atom. The van der Waals surface area contributed by atoms with Crippen LogP contribution in [0, 0.1) is 0 Å². The number of methoxy groups -OCH3 is 1. The predicted molar refractivity (Wildman–Crippen MR) is 63.7 cm³/mol. The first-order valence-corrected chi connectivity index (χ1v) is 5.63. The van der Waals surface area contributed by atoms with E-state index in [1.807, 2.05) is 12.1 Å². The van der Waals surface area contributed by atoms with Crippen LogP contribution in [0.25, 0.3) is 0 Å². The van der Waals surface area contributed by atoms with E-state index in [2.05, 4.69) is 31.3 Å². The van der Waals surface area contributed by atoms with Crippen LogP contribution in [0.15, 0.2) is 24.3 Å². The molecule has 3 heteroatoms. The fraction of sp³-hybridized carbons (Fsp3) is 0.538. The minimum atomic E-state index is -0.0521. The molecular formula is C13H19NO2. The zero-order valence-electron chi connectivity index (χ0n) is 10.1. The summed E-state index contributed by atoms with van der Waals surface area (Å²) in [6.45, 7) is 5.11. The van der Waals surface area contributed by atoms with E-state index in [4.69, 9.17) is 9.47 Å². The van der Waals surface area contributed by atoms with Crippen molar-refractivity contribution in [3.63, 3.8) is 0 Å². The molecule has 1 fully saturated rings. The molecular weight excluding hydrogens is 202 g/mol. The molecule has 0 radical (unpaired) electrons. The van der Waals surface area contributed by atoms with Crippen molar-refractivity contribution in [1.82, 2.24) is 5.32 Å². The Balaban J connectivity index is 1.99. The maximum Gasteiger partial charge on any atom is 0.119 e. The van der Waals surface area contributed by atoms with Crippen molar-refractivity contribution in [2.24, 2.45) is 0 Å². The van der Waals surface area contributed by atoms with Gasteiger partial charge in [0.2, 0.25) is 0 Å². The van der Waals surface area contributed by atoms with Crippen LogP contribution in [0.2, 0.25) is 0 Å². The van der Waals surface area contributed by atoms with E-state index >= 15 is 0 Å². The summed E-state index contributed by atoms with van der Waals surface area (Å²) in [5, 5.41) is 3.37. The van der Waals surface area contributed by atoms with Crippen LogP contribution in [0.5, 0.6) is 5.75 Å². The number of rotatable bonds is 3. The van der Waals surface area contributed by atoms with Crippen molar-refractivity contribution in [2.75, 3.05) is 13.7 Å². The SMILES string of the molecule is COc1cccc(CC2NCC(C)(C)O2)c1. The maximum absolute atomic E-state index is 5.87. The Labute approximate surface area is 96.8 Å². The molecule has 88 valence electrons. The smallest absolute Gasteiger partial charge is 0.119 e. The van der Waals surface area contributed by atoms with E-state index < -0.39 is 0 Å². The second-order valence-corrected chi connectivity index (χ2v) is 4.80. The van der Waals surface area contributed by atoms with Crippen molar-refractivity contribution in [3.05, 3.63) is 29.8 Å². The summed E-state index contributed by atoms with van der Waals surface area (Å²) >= 11 is 0. The van der Waals surface area contributed by atoms with Crippen LogP contribution in [0.4, 0.5) is 0 Å². The van der Waals surface area contributed by atoms with E-state index in [1.54, 1.807) is 7.11 Å². The zero-order valence-corrected chi connectivity index (χ0v) is 10.1. The summed E-state index contributed by atoms with van der Waals surface area (Å²) in [6.07, 6.45) is 0.989. The Morgan fingerprint density at radius 2 is 2.31 bits per heavy atom. The Kier molecular flexibility index (Phi) is 3.17. The van der Waals surface area contributed by atoms with Crippen LogP contribution in [0.1, 0.15) is 19.4 Å². The number of hydrogen-bond acceptors (Lipinski definition) is 3. The van der Waals surface area contributed by atoms with Gasteiger partial charge in [-0.1, -0.05) is 12.1 Å². The molecule has 0 aliphatic carbocycles. The number of hydrogen-bond donors (Lipinski definition) is 1. The highest BCUT2D eigenvalue weighted by atomic mass is 16.5. The molecule has 2 rings (SSSR count). The average Bonchev–Trinajstić information content (AvgIpc) is 2.58. The highest BCUT2D eigenvalue weighted by molar-refractivity contribution is 5.28. The molecule has 1 unspecified atom stereocenters. The van der Waals surface area contributed by atoms with Gasteiger partial charge >= 0.3 is 0 Å². The topological polar surface area (TPSA) is 30.5 Å². The molecule has 1 N–H and O–H groups in total. The molecule has 1 aromatic carbocycles. The lowest BCUT2D eigenvalue weighted by Crippen LogP contribution is -2.24. The number of ether oxygens (including phenoxy) is 2. The molecule has 1 heterocycles. The molecule has 1 aliphatic rings. The minimum absolute atomic E-state index is 0.0521. The molecule has 0 aromatic heterocycles. The first kappa shape index (κ1) is 11.4. The van der Waals surface area contributed by atoms with Gasteiger partial charge in [0, 0.05) is 13.0 Å².